The van der Waals surface area contributed by atoms with Gasteiger partial charge in [0.15, 0.2) is 0 Å². The Labute approximate surface area is 111 Å². The van der Waals surface area contributed by atoms with Gasteiger partial charge >= 0.3 is 0 Å². The molecule has 4 heteroatoms. The molecule has 1 heterocycles. The molecule has 1 saturated heterocycles. The molecule has 3 rings (SSSR count). The lowest BCUT2D eigenvalue weighted by Crippen LogP contribution is -1.82. The second kappa shape index (κ2) is 6.11. The molecule has 2 aromatic rings. The van der Waals surface area contributed by atoms with Gasteiger partial charge in [-0.15, -0.1) is 0 Å². The predicted octanol–water partition coefficient (Wildman–Crippen LogP) is 3.30. The molecule has 1 aliphatic rings. The Hall–Kier alpha value is -2.20. The SMILES string of the molecule is CC1CO1.Oc1ccc(Oc2ccc(O)cc2)cc1. The molecule has 2 aromatic carbocycles. The van der Waals surface area contributed by atoms with Crippen molar-refractivity contribution in [3.63, 3.8) is 0 Å². The van der Waals surface area contributed by atoms with Gasteiger partial charge in [-0.3, -0.25) is 0 Å². The van der Waals surface area contributed by atoms with E-state index in [4.69, 9.17) is 19.7 Å². The second-order valence-corrected chi connectivity index (χ2v) is 4.23. The van der Waals surface area contributed by atoms with Crippen LogP contribution in [0.2, 0.25) is 0 Å². The van der Waals surface area contributed by atoms with E-state index in [2.05, 4.69) is 6.92 Å². The van der Waals surface area contributed by atoms with Crippen LogP contribution in [0, 0.1) is 0 Å². The summed E-state index contributed by atoms with van der Waals surface area (Å²) < 4.78 is 10.2. The minimum atomic E-state index is 0.202. The van der Waals surface area contributed by atoms with Gasteiger partial charge in [0.1, 0.15) is 23.0 Å². The lowest BCUT2D eigenvalue weighted by atomic mass is 10.3. The number of ether oxygens (including phenoxy) is 2. The summed E-state index contributed by atoms with van der Waals surface area (Å²) in [5, 5.41) is 18.1. The van der Waals surface area contributed by atoms with E-state index in [0.29, 0.717) is 17.6 Å². The number of aromatic hydroxyl groups is 2. The highest BCUT2D eigenvalue weighted by Crippen LogP contribution is 2.24. The zero-order valence-corrected chi connectivity index (χ0v) is 10.6. The fourth-order valence-electron chi connectivity index (χ4n) is 1.26. The van der Waals surface area contributed by atoms with Crippen LogP contribution in [0.4, 0.5) is 0 Å². The van der Waals surface area contributed by atoms with Gasteiger partial charge in [0.2, 0.25) is 0 Å². The molecule has 2 N–H and O–H groups in total. The number of epoxide rings is 1. The summed E-state index contributed by atoms with van der Waals surface area (Å²) in [4.78, 5) is 0. The van der Waals surface area contributed by atoms with E-state index in [-0.39, 0.29) is 11.5 Å². The van der Waals surface area contributed by atoms with Crippen molar-refractivity contribution in [3.8, 4) is 23.0 Å². The number of hydrogen-bond donors (Lipinski definition) is 2. The summed E-state index contributed by atoms with van der Waals surface area (Å²) in [5.41, 5.74) is 0. The molecular weight excluding hydrogens is 244 g/mol. The maximum Gasteiger partial charge on any atom is 0.127 e. The van der Waals surface area contributed by atoms with Crippen molar-refractivity contribution in [2.24, 2.45) is 0 Å². The molecule has 1 fully saturated rings. The van der Waals surface area contributed by atoms with Crippen LogP contribution in [0.5, 0.6) is 23.0 Å². The van der Waals surface area contributed by atoms with Crippen LogP contribution in [-0.2, 0) is 4.74 Å². The van der Waals surface area contributed by atoms with Gasteiger partial charge in [0.25, 0.3) is 0 Å². The molecule has 0 amide bonds. The Morgan fingerprint density at radius 2 is 1.21 bits per heavy atom. The minimum Gasteiger partial charge on any atom is -0.508 e. The number of benzene rings is 2. The molecule has 1 unspecified atom stereocenters. The van der Waals surface area contributed by atoms with E-state index in [1.807, 2.05) is 0 Å². The Morgan fingerprint density at radius 1 is 0.895 bits per heavy atom. The predicted molar refractivity (Wildman–Crippen MR) is 71.7 cm³/mol. The average molecular weight is 260 g/mol. The third kappa shape index (κ3) is 4.89. The number of phenolic OH excluding ortho intramolecular Hbond substituents is 2. The Bertz CT molecular complexity index is 457. The fourth-order valence-corrected chi connectivity index (χ4v) is 1.26. The van der Waals surface area contributed by atoms with Gasteiger partial charge in [-0.2, -0.15) is 0 Å². The maximum absolute atomic E-state index is 9.07. The van der Waals surface area contributed by atoms with E-state index in [1.54, 1.807) is 48.5 Å². The molecule has 0 aromatic heterocycles. The highest BCUT2D eigenvalue weighted by molar-refractivity contribution is 5.36. The molecule has 0 radical (unpaired) electrons. The first-order chi connectivity index (χ1) is 9.13. The smallest absolute Gasteiger partial charge is 0.127 e. The van der Waals surface area contributed by atoms with Crippen LogP contribution in [0.1, 0.15) is 6.92 Å². The monoisotopic (exact) mass is 260 g/mol. The number of phenols is 2. The first kappa shape index (κ1) is 13.2. The van der Waals surface area contributed by atoms with E-state index in [9.17, 15) is 0 Å². The van der Waals surface area contributed by atoms with Crippen molar-refractivity contribution in [2.75, 3.05) is 6.61 Å². The summed E-state index contributed by atoms with van der Waals surface area (Å²) in [5.74, 6) is 1.68. The van der Waals surface area contributed by atoms with Gasteiger partial charge in [-0.05, 0) is 55.5 Å². The second-order valence-electron chi connectivity index (χ2n) is 4.23. The molecule has 1 aliphatic heterocycles. The standard InChI is InChI=1S/C12H10O3.C3H6O/c13-9-1-5-11(6-2-9)15-12-7-3-10(14)4-8-12;1-3-2-4-3/h1-8,13-14H;3H,2H2,1H3. The highest BCUT2D eigenvalue weighted by atomic mass is 16.6. The highest BCUT2D eigenvalue weighted by Gasteiger charge is 2.13. The largest absolute Gasteiger partial charge is 0.508 e. The van der Waals surface area contributed by atoms with Crippen LogP contribution in [0.3, 0.4) is 0 Å². The molecule has 0 saturated carbocycles. The minimum absolute atomic E-state index is 0.202. The van der Waals surface area contributed by atoms with Crippen molar-refractivity contribution in [1.82, 2.24) is 0 Å². The lowest BCUT2D eigenvalue weighted by molar-refractivity contribution is 0.423. The Morgan fingerprint density at radius 3 is 1.47 bits per heavy atom. The Kier molecular flexibility index (Phi) is 4.26. The van der Waals surface area contributed by atoms with Gasteiger partial charge in [0, 0.05) is 0 Å². The fraction of sp³-hybridized carbons (Fsp3) is 0.200. The summed E-state index contributed by atoms with van der Waals surface area (Å²) >= 11 is 0. The zero-order valence-electron chi connectivity index (χ0n) is 10.6. The molecular formula is C15H16O4. The first-order valence-electron chi connectivity index (χ1n) is 6.01. The molecule has 0 spiro atoms. The molecule has 1 atom stereocenters. The van der Waals surface area contributed by atoms with Gasteiger partial charge in [-0.1, -0.05) is 0 Å². The zero-order chi connectivity index (χ0) is 13.7. The summed E-state index contributed by atoms with van der Waals surface area (Å²) in [6, 6.07) is 12.9. The van der Waals surface area contributed by atoms with Crippen LogP contribution in [0.15, 0.2) is 48.5 Å². The van der Waals surface area contributed by atoms with Crippen LogP contribution >= 0.6 is 0 Å². The van der Waals surface area contributed by atoms with Crippen molar-refractivity contribution >= 4 is 0 Å². The normalized spacial score (nSPS) is 16.2. The van der Waals surface area contributed by atoms with Gasteiger partial charge in [0.05, 0.1) is 12.7 Å². The maximum atomic E-state index is 9.07. The molecule has 100 valence electrons. The average Bonchev–Trinajstić information content (AvgIpc) is 3.18. The molecule has 4 nitrogen and oxygen atoms in total. The van der Waals surface area contributed by atoms with Crippen LogP contribution in [0.25, 0.3) is 0 Å². The van der Waals surface area contributed by atoms with Gasteiger partial charge < -0.3 is 19.7 Å². The van der Waals surface area contributed by atoms with Crippen molar-refractivity contribution < 1.29 is 19.7 Å². The molecule has 0 bridgehead atoms. The summed E-state index contributed by atoms with van der Waals surface area (Å²) in [6.45, 7) is 3.04. The first-order valence-corrected chi connectivity index (χ1v) is 6.01. The van der Waals surface area contributed by atoms with E-state index < -0.39 is 0 Å². The van der Waals surface area contributed by atoms with Crippen LogP contribution in [-0.4, -0.2) is 22.9 Å². The molecule has 19 heavy (non-hydrogen) atoms. The van der Waals surface area contributed by atoms with Gasteiger partial charge in [-0.25, -0.2) is 0 Å². The quantitative estimate of drug-likeness (QED) is 0.813. The van der Waals surface area contributed by atoms with Crippen molar-refractivity contribution in [1.29, 1.82) is 0 Å². The topological polar surface area (TPSA) is 62.2 Å². The Balaban J connectivity index is 0.000000284. The van der Waals surface area contributed by atoms with E-state index >= 15 is 0 Å². The lowest BCUT2D eigenvalue weighted by Gasteiger charge is -2.05. The van der Waals surface area contributed by atoms with E-state index in [0.717, 1.165) is 6.61 Å². The van der Waals surface area contributed by atoms with Crippen LogP contribution < -0.4 is 4.74 Å². The molecule has 0 aliphatic carbocycles. The van der Waals surface area contributed by atoms with E-state index in [1.165, 1.54) is 0 Å². The number of hydrogen-bond acceptors (Lipinski definition) is 4. The summed E-state index contributed by atoms with van der Waals surface area (Å²) in [7, 11) is 0. The number of rotatable bonds is 2. The van der Waals surface area contributed by atoms with Crippen molar-refractivity contribution in [2.45, 2.75) is 13.0 Å². The third-order valence-corrected chi connectivity index (χ3v) is 2.41. The van der Waals surface area contributed by atoms with Crippen molar-refractivity contribution in [3.05, 3.63) is 48.5 Å². The third-order valence-electron chi connectivity index (χ3n) is 2.41. The summed E-state index contributed by atoms with van der Waals surface area (Å²) in [6.07, 6.45) is 0.583.